The maximum atomic E-state index is 11.6. The summed E-state index contributed by atoms with van der Waals surface area (Å²) in [6.45, 7) is 3.04. The Hall–Kier alpha value is -2.11. The van der Waals surface area contributed by atoms with Gasteiger partial charge in [-0.3, -0.25) is 10.1 Å². The third-order valence-electron chi connectivity index (χ3n) is 2.94. The van der Waals surface area contributed by atoms with Gasteiger partial charge in [0.15, 0.2) is 0 Å². The fraction of sp³-hybridized carbons (Fsp3) is 0.417. The summed E-state index contributed by atoms with van der Waals surface area (Å²) in [6, 6.07) is 4.79. The van der Waals surface area contributed by atoms with Crippen LogP contribution in [0.15, 0.2) is 18.2 Å². The monoisotopic (exact) mass is 250 g/mol. The Morgan fingerprint density at radius 3 is 2.94 bits per heavy atom. The first-order valence-electron chi connectivity index (χ1n) is 5.79. The van der Waals surface area contributed by atoms with Crippen molar-refractivity contribution < 1.29 is 14.5 Å². The van der Waals surface area contributed by atoms with Crippen LogP contribution in [0.5, 0.6) is 0 Å². The van der Waals surface area contributed by atoms with Crippen LogP contribution in [0, 0.1) is 10.1 Å². The van der Waals surface area contributed by atoms with Crippen molar-refractivity contribution in [2.75, 3.05) is 13.2 Å². The molecular formula is C12H14N2O4. The van der Waals surface area contributed by atoms with Crippen LogP contribution in [0.2, 0.25) is 0 Å². The van der Waals surface area contributed by atoms with Crippen LogP contribution in [0.4, 0.5) is 10.5 Å². The smallest absolute Gasteiger partial charge is 0.410 e. The summed E-state index contributed by atoms with van der Waals surface area (Å²) >= 11 is 0. The van der Waals surface area contributed by atoms with Crippen molar-refractivity contribution >= 4 is 11.8 Å². The van der Waals surface area contributed by atoms with E-state index in [0.717, 1.165) is 11.1 Å². The van der Waals surface area contributed by atoms with E-state index in [1.165, 1.54) is 12.1 Å². The molecule has 96 valence electrons. The SMILES string of the molecule is CCOC(=O)N1CCc2ccc([N+](=O)[O-])cc2C1. The van der Waals surface area contributed by atoms with Crippen LogP contribution in [-0.4, -0.2) is 29.1 Å². The maximum Gasteiger partial charge on any atom is 0.410 e. The number of amides is 1. The van der Waals surface area contributed by atoms with E-state index < -0.39 is 4.92 Å². The van der Waals surface area contributed by atoms with Gasteiger partial charge in [0.05, 0.1) is 11.5 Å². The van der Waals surface area contributed by atoms with Gasteiger partial charge in [-0.2, -0.15) is 0 Å². The first-order chi connectivity index (χ1) is 8.61. The largest absolute Gasteiger partial charge is 0.450 e. The summed E-state index contributed by atoms with van der Waals surface area (Å²) in [5, 5.41) is 10.7. The molecule has 0 radical (unpaired) electrons. The number of non-ortho nitro benzene ring substituents is 1. The van der Waals surface area contributed by atoms with Crippen molar-refractivity contribution in [3.63, 3.8) is 0 Å². The summed E-state index contributed by atoms with van der Waals surface area (Å²) in [4.78, 5) is 23.4. The van der Waals surface area contributed by atoms with Crippen molar-refractivity contribution in [3.05, 3.63) is 39.4 Å². The van der Waals surface area contributed by atoms with Gasteiger partial charge in [-0.25, -0.2) is 4.79 Å². The van der Waals surface area contributed by atoms with Crippen LogP contribution < -0.4 is 0 Å². The lowest BCUT2D eigenvalue weighted by Gasteiger charge is -2.27. The molecule has 0 saturated heterocycles. The molecule has 0 N–H and O–H groups in total. The first-order valence-corrected chi connectivity index (χ1v) is 5.79. The molecule has 0 saturated carbocycles. The third-order valence-corrected chi connectivity index (χ3v) is 2.94. The molecule has 0 fully saturated rings. The summed E-state index contributed by atoms with van der Waals surface area (Å²) in [5.41, 5.74) is 1.93. The Kier molecular flexibility index (Phi) is 3.45. The Morgan fingerprint density at radius 1 is 1.50 bits per heavy atom. The molecule has 0 unspecified atom stereocenters. The van der Waals surface area contributed by atoms with Crippen molar-refractivity contribution in [1.82, 2.24) is 4.90 Å². The van der Waals surface area contributed by atoms with Crippen molar-refractivity contribution in [2.24, 2.45) is 0 Å². The van der Waals surface area contributed by atoms with Crippen molar-refractivity contribution in [2.45, 2.75) is 19.9 Å². The standard InChI is InChI=1S/C12H14N2O4/c1-2-18-12(15)13-6-5-9-3-4-11(14(16)17)7-10(9)8-13/h3-4,7H,2,5-6,8H2,1H3. The lowest BCUT2D eigenvalue weighted by atomic mass is 9.99. The number of hydrogen-bond acceptors (Lipinski definition) is 4. The molecule has 0 spiro atoms. The second kappa shape index (κ2) is 5.03. The second-order valence-electron chi connectivity index (χ2n) is 4.08. The highest BCUT2D eigenvalue weighted by Gasteiger charge is 2.23. The number of hydrogen-bond donors (Lipinski definition) is 0. The number of nitro groups is 1. The van der Waals surface area contributed by atoms with E-state index in [1.807, 2.05) is 0 Å². The number of carbonyl (C=O) groups excluding carboxylic acids is 1. The molecule has 0 atom stereocenters. The van der Waals surface area contributed by atoms with Crippen LogP contribution in [-0.2, 0) is 17.7 Å². The number of fused-ring (bicyclic) bond motifs is 1. The Morgan fingerprint density at radius 2 is 2.28 bits per heavy atom. The first kappa shape index (κ1) is 12.3. The maximum absolute atomic E-state index is 11.6. The summed E-state index contributed by atoms with van der Waals surface area (Å²) in [7, 11) is 0. The summed E-state index contributed by atoms with van der Waals surface area (Å²) in [5.74, 6) is 0. The molecule has 0 bridgehead atoms. The fourth-order valence-corrected chi connectivity index (χ4v) is 2.03. The summed E-state index contributed by atoms with van der Waals surface area (Å²) < 4.78 is 4.93. The quantitative estimate of drug-likeness (QED) is 0.595. The highest BCUT2D eigenvalue weighted by Crippen LogP contribution is 2.24. The molecular weight excluding hydrogens is 236 g/mol. The zero-order valence-corrected chi connectivity index (χ0v) is 10.1. The number of nitrogens with zero attached hydrogens (tertiary/aromatic N) is 2. The van der Waals surface area contributed by atoms with E-state index in [4.69, 9.17) is 4.74 Å². The molecule has 1 aliphatic heterocycles. The van der Waals surface area contributed by atoms with Crippen LogP contribution >= 0.6 is 0 Å². The predicted octanol–water partition coefficient (Wildman–Crippen LogP) is 2.11. The lowest BCUT2D eigenvalue weighted by Crippen LogP contribution is -2.36. The van der Waals surface area contributed by atoms with Crippen LogP contribution in [0.25, 0.3) is 0 Å². The average molecular weight is 250 g/mol. The number of ether oxygens (including phenoxy) is 1. The predicted molar refractivity (Wildman–Crippen MR) is 64.2 cm³/mol. The normalized spacial score (nSPS) is 13.9. The van der Waals surface area contributed by atoms with Crippen LogP contribution in [0.3, 0.4) is 0 Å². The van der Waals surface area contributed by atoms with Gasteiger partial charge < -0.3 is 9.64 Å². The van der Waals surface area contributed by atoms with Gasteiger partial charge in [-0.05, 0) is 24.5 Å². The molecule has 18 heavy (non-hydrogen) atoms. The van der Waals surface area contributed by atoms with Gasteiger partial charge in [0, 0.05) is 25.2 Å². The minimum absolute atomic E-state index is 0.0551. The molecule has 6 nitrogen and oxygen atoms in total. The minimum Gasteiger partial charge on any atom is -0.450 e. The molecule has 1 aromatic rings. The van der Waals surface area contributed by atoms with E-state index in [2.05, 4.69) is 0 Å². The molecule has 0 aliphatic carbocycles. The highest BCUT2D eigenvalue weighted by atomic mass is 16.6. The number of carbonyl (C=O) groups is 1. The van der Waals surface area contributed by atoms with E-state index in [1.54, 1.807) is 17.9 Å². The van der Waals surface area contributed by atoms with Gasteiger partial charge in [0.1, 0.15) is 0 Å². The van der Waals surface area contributed by atoms with E-state index in [-0.39, 0.29) is 11.8 Å². The topological polar surface area (TPSA) is 72.7 Å². The Labute approximate surface area is 104 Å². The highest BCUT2D eigenvalue weighted by molar-refractivity contribution is 5.68. The van der Waals surface area contributed by atoms with Gasteiger partial charge in [0.2, 0.25) is 0 Å². The van der Waals surface area contributed by atoms with Gasteiger partial charge in [0.25, 0.3) is 5.69 Å². The minimum atomic E-state index is -0.427. The van der Waals surface area contributed by atoms with Crippen molar-refractivity contribution in [3.8, 4) is 0 Å². The molecule has 1 aliphatic rings. The lowest BCUT2D eigenvalue weighted by molar-refractivity contribution is -0.385. The molecule has 1 heterocycles. The molecule has 0 aromatic heterocycles. The number of nitro benzene ring substituents is 1. The van der Waals surface area contributed by atoms with Gasteiger partial charge in [-0.15, -0.1) is 0 Å². The fourth-order valence-electron chi connectivity index (χ4n) is 2.03. The Balaban J connectivity index is 2.19. The van der Waals surface area contributed by atoms with E-state index >= 15 is 0 Å². The summed E-state index contributed by atoms with van der Waals surface area (Å²) in [6.07, 6.45) is 0.334. The third kappa shape index (κ3) is 2.42. The van der Waals surface area contributed by atoms with Gasteiger partial charge in [-0.1, -0.05) is 6.07 Å². The Bertz CT molecular complexity index is 487. The second-order valence-corrected chi connectivity index (χ2v) is 4.08. The van der Waals surface area contributed by atoms with Crippen LogP contribution in [0.1, 0.15) is 18.1 Å². The number of benzene rings is 1. The molecule has 1 amide bonds. The number of rotatable bonds is 2. The van der Waals surface area contributed by atoms with Gasteiger partial charge >= 0.3 is 6.09 Å². The van der Waals surface area contributed by atoms with Crippen molar-refractivity contribution in [1.29, 1.82) is 0 Å². The average Bonchev–Trinajstić information content (AvgIpc) is 2.37. The zero-order valence-electron chi connectivity index (χ0n) is 10.1. The molecule has 6 heteroatoms. The van der Waals surface area contributed by atoms with E-state index in [0.29, 0.717) is 26.1 Å². The zero-order chi connectivity index (χ0) is 13.1. The molecule has 1 aromatic carbocycles. The van der Waals surface area contributed by atoms with E-state index in [9.17, 15) is 14.9 Å². The molecule has 2 rings (SSSR count).